The largest absolute Gasteiger partial charge is 0.342 e. The van der Waals surface area contributed by atoms with E-state index in [1.54, 1.807) is 0 Å². The molecule has 0 amide bonds. The van der Waals surface area contributed by atoms with Crippen LogP contribution in [0.2, 0.25) is 0 Å². The standard InChI is InChI=1S/C20H30N4/c1-5-13-23(14-6-2)20(22-17-21)24(15-7-3)16-19-11-9-18(8-4)10-12-19/h8-12H,4-7,13-16H2,1-3H3. The predicted molar refractivity (Wildman–Crippen MR) is 102 cm³/mol. The summed E-state index contributed by atoms with van der Waals surface area (Å²) < 4.78 is 0. The number of nitriles is 1. The van der Waals surface area contributed by atoms with Gasteiger partial charge >= 0.3 is 0 Å². The van der Waals surface area contributed by atoms with Gasteiger partial charge in [0.1, 0.15) is 0 Å². The molecule has 0 aliphatic heterocycles. The number of guanidine groups is 1. The van der Waals surface area contributed by atoms with E-state index in [1.807, 2.05) is 12.3 Å². The molecule has 0 fully saturated rings. The van der Waals surface area contributed by atoms with Crippen LogP contribution in [0.4, 0.5) is 0 Å². The summed E-state index contributed by atoms with van der Waals surface area (Å²) in [6.45, 7) is 13.7. The van der Waals surface area contributed by atoms with Crippen LogP contribution in [0.3, 0.4) is 0 Å². The molecule has 0 unspecified atom stereocenters. The normalized spacial score (nSPS) is 11.0. The summed E-state index contributed by atoms with van der Waals surface area (Å²) in [5.74, 6) is 0.802. The molecule has 0 atom stereocenters. The van der Waals surface area contributed by atoms with Gasteiger partial charge in [0.15, 0.2) is 0 Å². The molecule has 0 bridgehead atoms. The van der Waals surface area contributed by atoms with Gasteiger partial charge in [0, 0.05) is 26.2 Å². The Morgan fingerprint density at radius 3 is 2.04 bits per heavy atom. The van der Waals surface area contributed by atoms with Crippen molar-refractivity contribution in [2.75, 3.05) is 19.6 Å². The minimum Gasteiger partial charge on any atom is -0.342 e. The van der Waals surface area contributed by atoms with Gasteiger partial charge in [-0.3, -0.25) is 0 Å². The monoisotopic (exact) mass is 326 g/mol. The van der Waals surface area contributed by atoms with Crippen molar-refractivity contribution in [1.29, 1.82) is 5.26 Å². The molecule has 1 aromatic carbocycles. The molecular weight excluding hydrogens is 296 g/mol. The molecule has 0 aromatic heterocycles. The summed E-state index contributed by atoms with van der Waals surface area (Å²) in [5, 5.41) is 9.17. The van der Waals surface area contributed by atoms with Crippen LogP contribution in [0.5, 0.6) is 0 Å². The van der Waals surface area contributed by atoms with Gasteiger partial charge < -0.3 is 9.80 Å². The lowest BCUT2D eigenvalue weighted by atomic mass is 10.1. The number of hydrogen-bond acceptors (Lipinski definition) is 2. The van der Waals surface area contributed by atoms with Crippen LogP contribution < -0.4 is 0 Å². The third kappa shape index (κ3) is 6.08. The Labute approximate surface area is 147 Å². The van der Waals surface area contributed by atoms with Crippen molar-refractivity contribution >= 4 is 12.0 Å². The smallest absolute Gasteiger partial charge is 0.212 e. The van der Waals surface area contributed by atoms with E-state index in [0.29, 0.717) is 0 Å². The number of aliphatic imine (C=N–C) groups is 1. The van der Waals surface area contributed by atoms with Gasteiger partial charge in [-0.1, -0.05) is 57.7 Å². The van der Waals surface area contributed by atoms with Gasteiger partial charge in [-0.05, 0) is 30.4 Å². The molecule has 0 spiro atoms. The Morgan fingerprint density at radius 1 is 1.04 bits per heavy atom. The maximum atomic E-state index is 9.17. The van der Waals surface area contributed by atoms with Crippen molar-refractivity contribution < 1.29 is 0 Å². The van der Waals surface area contributed by atoms with E-state index in [4.69, 9.17) is 0 Å². The minimum atomic E-state index is 0.760. The highest BCUT2D eigenvalue weighted by Crippen LogP contribution is 2.12. The number of nitrogens with zero attached hydrogens (tertiary/aromatic N) is 4. The molecule has 1 rings (SSSR count). The van der Waals surface area contributed by atoms with E-state index in [0.717, 1.165) is 57.0 Å². The second-order valence-corrected chi connectivity index (χ2v) is 5.87. The Kier molecular flexibility index (Phi) is 9.29. The summed E-state index contributed by atoms with van der Waals surface area (Å²) in [6, 6.07) is 8.38. The molecule has 0 radical (unpaired) electrons. The van der Waals surface area contributed by atoms with Crippen LogP contribution in [0.1, 0.15) is 51.2 Å². The fourth-order valence-electron chi connectivity index (χ4n) is 2.74. The van der Waals surface area contributed by atoms with E-state index < -0.39 is 0 Å². The first kappa shape index (κ1) is 19.8. The molecular formula is C20H30N4. The first-order valence-corrected chi connectivity index (χ1v) is 8.88. The molecule has 0 saturated carbocycles. The highest BCUT2D eigenvalue weighted by Gasteiger charge is 2.18. The lowest BCUT2D eigenvalue weighted by Crippen LogP contribution is -2.45. The Bertz CT molecular complexity index is 548. The molecule has 130 valence electrons. The summed E-state index contributed by atoms with van der Waals surface area (Å²) >= 11 is 0. The van der Waals surface area contributed by atoms with Crippen molar-refractivity contribution in [2.45, 2.75) is 46.6 Å². The second kappa shape index (κ2) is 11.3. The first-order chi connectivity index (χ1) is 11.7. The molecule has 0 aliphatic rings. The van der Waals surface area contributed by atoms with Gasteiger partial charge in [-0.2, -0.15) is 5.26 Å². The van der Waals surface area contributed by atoms with Crippen LogP contribution in [0.15, 0.2) is 35.8 Å². The van der Waals surface area contributed by atoms with Crippen molar-refractivity contribution in [3.63, 3.8) is 0 Å². The maximum Gasteiger partial charge on any atom is 0.212 e. The summed E-state index contributed by atoms with van der Waals surface area (Å²) in [4.78, 5) is 8.62. The van der Waals surface area contributed by atoms with Gasteiger partial charge in [-0.15, -0.1) is 4.99 Å². The molecule has 4 heteroatoms. The highest BCUT2D eigenvalue weighted by molar-refractivity contribution is 5.81. The fourth-order valence-corrected chi connectivity index (χ4v) is 2.74. The zero-order valence-corrected chi connectivity index (χ0v) is 15.3. The Balaban J connectivity index is 3.04. The van der Waals surface area contributed by atoms with Crippen LogP contribution in [0.25, 0.3) is 6.08 Å². The number of benzene rings is 1. The zero-order chi connectivity index (χ0) is 17.8. The highest BCUT2D eigenvalue weighted by atomic mass is 15.4. The molecule has 24 heavy (non-hydrogen) atoms. The zero-order valence-electron chi connectivity index (χ0n) is 15.3. The molecule has 0 saturated heterocycles. The van der Waals surface area contributed by atoms with E-state index in [1.165, 1.54) is 5.56 Å². The Hall–Kier alpha value is -2.28. The third-order valence-electron chi connectivity index (χ3n) is 3.79. The van der Waals surface area contributed by atoms with E-state index >= 15 is 0 Å². The van der Waals surface area contributed by atoms with Crippen molar-refractivity contribution in [2.24, 2.45) is 4.99 Å². The average Bonchev–Trinajstić information content (AvgIpc) is 2.60. The quantitative estimate of drug-likeness (QED) is 0.381. The number of rotatable bonds is 9. The summed E-state index contributed by atoms with van der Waals surface area (Å²) in [5.41, 5.74) is 2.33. The fraction of sp³-hybridized carbons (Fsp3) is 0.500. The molecule has 0 aliphatic carbocycles. The Morgan fingerprint density at radius 2 is 1.58 bits per heavy atom. The molecule has 0 heterocycles. The van der Waals surface area contributed by atoms with Crippen molar-refractivity contribution in [1.82, 2.24) is 9.80 Å². The SMILES string of the molecule is C=Cc1ccc(CN(CCC)C(=NC#N)N(CCC)CCC)cc1. The second-order valence-electron chi connectivity index (χ2n) is 5.87. The van der Waals surface area contributed by atoms with Crippen LogP contribution in [-0.4, -0.2) is 35.4 Å². The van der Waals surface area contributed by atoms with Gasteiger partial charge in [-0.25, -0.2) is 0 Å². The van der Waals surface area contributed by atoms with Gasteiger partial charge in [0.05, 0.1) is 0 Å². The lowest BCUT2D eigenvalue weighted by Gasteiger charge is -2.33. The first-order valence-electron chi connectivity index (χ1n) is 8.88. The lowest BCUT2D eigenvalue weighted by molar-refractivity contribution is 0.310. The van der Waals surface area contributed by atoms with E-state index in [-0.39, 0.29) is 0 Å². The van der Waals surface area contributed by atoms with Crippen molar-refractivity contribution in [3.8, 4) is 6.19 Å². The van der Waals surface area contributed by atoms with Crippen LogP contribution in [-0.2, 0) is 6.54 Å². The minimum absolute atomic E-state index is 0.760. The van der Waals surface area contributed by atoms with Crippen LogP contribution in [0, 0.1) is 11.5 Å². The van der Waals surface area contributed by atoms with Crippen molar-refractivity contribution in [3.05, 3.63) is 42.0 Å². The third-order valence-corrected chi connectivity index (χ3v) is 3.79. The average molecular weight is 326 g/mol. The molecule has 4 nitrogen and oxygen atoms in total. The number of hydrogen-bond donors (Lipinski definition) is 0. The predicted octanol–water partition coefficient (Wildman–Crippen LogP) is 4.50. The maximum absolute atomic E-state index is 9.17. The van der Waals surface area contributed by atoms with Gasteiger partial charge in [0.25, 0.3) is 0 Å². The van der Waals surface area contributed by atoms with Gasteiger partial charge in [0.2, 0.25) is 12.2 Å². The topological polar surface area (TPSA) is 42.6 Å². The molecule has 0 N–H and O–H groups in total. The molecule has 1 aromatic rings. The van der Waals surface area contributed by atoms with E-state index in [2.05, 4.69) is 66.4 Å². The summed E-state index contributed by atoms with van der Waals surface area (Å²) in [7, 11) is 0. The van der Waals surface area contributed by atoms with Crippen LogP contribution >= 0.6 is 0 Å². The van der Waals surface area contributed by atoms with E-state index in [9.17, 15) is 5.26 Å². The summed E-state index contributed by atoms with van der Waals surface area (Å²) in [6.07, 6.45) is 6.94.